The summed E-state index contributed by atoms with van der Waals surface area (Å²) in [5.74, 6) is 0.241. The van der Waals surface area contributed by atoms with Crippen LogP contribution in [0.2, 0.25) is 0 Å². The molecule has 5 heteroatoms. The number of ether oxygens (including phenoxy) is 1. The molecule has 0 unspecified atom stereocenters. The minimum absolute atomic E-state index is 0.00971. The second-order valence-electron chi connectivity index (χ2n) is 7.18. The Morgan fingerprint density at radius 2 is 2.00 bits per heavy atom. The molecule has 1 atom stereocenters. The molecule has 2 saturated heterocycles. The molecular formula is C16H30N2O3. The molecule has 2 aliphatic heterocycles. The molecule has 0 spiro atoms. The second kappa shape index (κ2) is 7.56. The fourth-order valence-electron chi connectivity index (χ4n) is 3.35. The lowest BCUT2D eigenvalue weighted by molar-refractivity contribution is -0.132. The van der Waals surface area contributed by atoms with Gasteiger partial charge in [0.25, 0.3) is 0 Å². The van der Waals surface area contributed by atoms with Gasteiger partial charge in [0.1, 0.15) is 0 Å². The van der Waals surface area contributed by atoms with Crippen LogP contribution in [0, 0.1) is 5.41 Å². The number of aliphatic hydroxyl groups excluding tert-OH is 1. The zero-order valence-electron chi connectivity index (χ0n) is 13.5. The molecule has 2 heterocycles. The number of hydrogen-bond donors (Lipinski definition) is 1. The zero-order valence-corrected chi connectivity index (χ0v) is 13.5. The number of hydrogen-bond acceptors (Lipinski definition) is 4. The van der Waals surface area contributed by atoms with Gasteiger partial charge in [0.15, 0.2) is 0 Å². The highest BCUT2D eigenvalue weighted by atomic mass is 16.5. The predicted octanol–water partition coefficient (Wildman–Crippen LogP) is 1.11. The van der Waals surface area contributed by atoms with Crippen LogP contribution in [0.1, 0.15) is 39.5 Å². The van der Waals surface area contributed by atoms with Crippen LogP contribution in [-0.2, 0) is 9.53 Å². The lowest BCUT2D eigenvalue weighted by atomic mass is 9.87. The van der Waals surface area contributed by atoms with Crippen molar-refractivity contribution >= 4 is 5.91 Å². The molecule has 0 aromatic rings. The standard InChI is InChI=1S/C16H30N2O3/c1-16(2)12-14(19)5-7-18(13-16)15(20)4-3-6-17-8-10-21-11-9-17/h14,19H,3-13H2,1-2H3/t14-/m0/s1. The van der Waals surface area contributed by atoms with Gasteiger partial charge in [0.05, 0.1) is 19.3 Å². The van der Waals surface area contributed by atoms with Crippen molar-refractivity contribution in [2.45, 2.75) is 45.6 Å². The Labute approximate surface area is 128 Å². The van der Waals surface area contributed by atoms with Crippen LogP contribution >= 0.6 is 0 Å². The average Bonchev–Trinajstić information content (AvgIpc) is 2.57. The molecule has 0 radical (unpaired) electrons. The third kappa shape index (κ3) is 5.57. The Hall–Kier alpha value is -0.650. The van der Waals surface area contributed by atoms with Crippen LogP contribution in [0.25, 0.3) is 0 Å². The van der Waals surface area contributed by atoms with Gasteiger partial charge in [-0.3, -0.25) is 9.69 Å². The molecule has 5 nitrogen and oxygen atoms in total. The minimum Gasteiger partial charge on any atom is -0.393 e. The summed E-state index contributed by atoms with van der Waals surface area (Å²) >= 11 is 0. The first-order valence-corrected chi connectivity index (χ1v) is 8.22. The largest absolute Gasteiger partial charge is 0.393 e. The Bertz CT molecular complexity index is 340. The molecular weight excluding hydrogens is 268 g/mol. The van der Waals surface area contributed by atoms with Crippen LogP contribution in [0.3, 0.4) is 0 Å². The SMILES string of the molecule is CC1(C)C[C@@H](O)CCN(C(=O)CCCN2CCOCC2)C1. The van der Waals surface area contributed by atoms with E-state index in [9.17, 15) is 9.90 Å². The topological polar surface area (TPSA) is 53.0 Å². The molecule has 1 amide bonds. The third-order valence-corrected chi connectivity index (χ3v) is 4.46. The molecule has 0 bridgehead atoms. The smallest absolute Gasteiger partial charge is 0.222 e. The van der Waals surface area contributed by atoms with Crippen LogP contribution < -0.4 is 0 Å². The third-order valence-electron chi connectivity index (χ3n) is 4.46. The lowest BCUT2D eigenvalue weighted by Crippen LogP contribution is -2.39. The van der Waals surface area contributed by atoms with E-state index in [4.69, 9.17) is 4.74 Å². The molecule has 0 saturated carbocycles. The summed E-state index contributed by atoms with van der Waals surface area (Å²) in [6.07, 6.45) is 2.75. The first-order chi connectivity index (χ1) is 9.96. The highest BCUT2D eigenvalue weighted by Crippen LogP contribution is 2.28. The number of nitrogens with zero attached hydrogens (tertiary/aromatic N) is 2. The summed E-state index contributed by atoms with van der Waals surface area (Å²) in [5.41, 5.74) is 0.00971. The highest BCUT2D eigenvalue weighted by molar-refractivity contribution is 5.76. The summed E-state index contributed by atoms with van der Waals surface area (Å²) in [7, 11) is 0. The quantitative estimate of drug-likeness (QED) is 0.845. The van der Waals surface area contributed by atoms with Gasteiger partial charge in [-0.2, -0.15) is 0 Å². The van der Waals surface area contributed by atoms with E-state index in [0.717, 1.165) is 52.2 Å². The molecule has 1 N–H and O–H groups in total. The van der Waals surface area contributed by atoms with Gasteiger partial charge in [-0.1, -0.05) is 13.8 Å². The number of carbonyl (C=O) groups excluding carboxylic acids is 1. The van der Waals surface area contributed by atoms with E-state index < -0.39 is 0 Å². The Kier molecular flexibility index (Phi) is 6.02. The van der Waals surface area contributed by atoms with Gasteiger partial charge in [0.2, 0.25) is 5.91 Å². The van der Waals surface area contributed by atoms with Crippen molar-refractivity contribution in [2.24, 2.45) is 5.41 Å². The summed E-state index contributed by atoms with van der Waals surface area (Å²) in [6.45, 7) is 10.3. The Morgan fingerprint density at radius 1 is 1.29 bits per heavy atom. The van der Waals surface area contributed by atoms with Gasteiger partial charge >= 0.3 is 0 Å². The van der Waals surface area contributed by atoms with Gasteiger partial charge in [-0.25, -0.2) is 0 Å². The number of carbonyl (C=O) groups is 1. The van der Waals surface area contributed by atoms with Crippen molar-refractivity contribution < 1.29 is 14.6 Å². The maximum absolute atomic E-state index is 12.4. The molecule has 2 fully saturated rings. The predicted molar refractivity (Wildman–Crippen MR) is 82.1 cm³/mol. The van der Waals surface area contributed by atoms with Gasteiger partial charge in [-0.15, -0.1) is 0 Å². The van der Waals surface area contributed by atoms with Crippen molar-refractivity contribution in [3.63, 3.8) is 0 Å². The van der Waals surface area contributed by atoms with Gasteiger partial charge in [-0.05, 0) is 31.2 Å². The van der Waals surface area contributed by atoms with E-state index in [2.05, 4.69) is 18.7 Å². The van der Waals surface area contributed by atoms with E-state index in [1.54, 1.807) is 0 Å². The summed E-state index contributed by atoms with van der Waals surface area (Å²) in [4.78, 5) is 16.7. The lowest BCUT2D eigenvalue weighted by Gasteiger charge is -2.30. The Morgan fingerprint density at radius 3 is 2.71 bits per heavy atom. The van der Waals surface area contributed by atoms with E-state index in [-0.39, 0.29) is 17.4 Å². The van der Waals surface area contributed by atoms with Crippen LogP contribution in [0.4, 0.5) is 0 Å². The number of likely N-dealkylation sites (tertiary alicyclic amines) is 1. The van der Waals surface area contributed by atoms with E-state index in [0.29, 0.717) is 19.4 Å². The first-order valence-electron chi connectivity index (χ1n) is 8.22. The highest BCUT2D eigenvalue weighted by Gasteiger charge is 2.30. The van der Waals surface area contributed by atoms with Crippen LogP contribution in [0.5, 0.6) is 0 Å². The molecule has 0 aliphatic carbocycles. The fraction of sp³-hybridized carbons (Fsp3) is 0.938. The van der Waals surface area contributed by atoms with Crippen molar-refractivity contribution in [2.75, 3.05) is 45.9 Å². The summed E-state index contributed by atoms with van der Waals surface area (Å²) in [6, 6.07) is 0. The van der Waals surface area contributed by atoms with Crippen LogP contribution in [-0.4, -0.2) is 72.9 Å². The van der Waals surface area contributed by atoms with Gasteiger partial charge < -0.3 is 14.7 Å². The fourth-order valence-corrected chi connectivity index (χ4v) is 3.35. The zero-order chi connectivity index (χ0) is 15.3. The number of amides is 1. The number of rotatable bonds is 4. The van der Waals surface area contributed by atoms with E-state index in [1.165, 1.54) is 0 Å². The van der Waals surface area contributed by atoms with E-state index in [1.807, 2.05) is 4.90 Å². The van der Waals surface area contributed by atoms with Crippen molar-refractivity contribution in [1.82, 2.24) is 9.80 Å². The molecule has 122 valence electrons. The maximum atomic E-state index is 12.4. The van der Waals surface area contributed by atoms with Crippen LogP contribution in [0.15, 0.2) is 0 Å². The number of morpholine rings is 1. The van der Waals surface area contributed by atoms with Crippen molar-refractivity contribution in [1.29, 1.82) is 0 Å². The Balaban J connectivity index is 1.74. The molecule has 0 aromatic heterocycles. The molecule has 21 heavy (non-hydrogen) atoms. The minimum atomic E-state index is -0.272. The van der Waals surface area contributed by atoms with Crippen molar-refractivity contribution in [3.05, 3.63) is 0 Å². The molecule has 2 rings (SSSR count). The normalized spacial score (nSPS) is 27.4. The summed E-state index contributed by atoms with van der Waals surface area (Å²) < 4.78 is 5.33. The second-order valence-corrected chi connectivity index (χ2v) is 7.18. The van der Waals surface area contributed by atoms with Crippen molar-refractivity contribution in [3.8, 4) is 0 Å². The molecule has 0 aromatic carbocycles. The summed E-state index contributed by atoms with van der Waals surface area (Å²) in [5, 5.41) is 9.91. The average molecular weight is 298 g/mol. The first kappa shape index (κ1) is 16.7. The molecule has 2 aliphatic rings. The van der Waals surface area contributed by atoms with Gasteiger partial charge in [0, 0.05) is 32.6 Å². The number of aliphatic hydroxyl groups is 1. The maximum Gasteiger partial charge on any atom is 0.222 e. The van der Waals surface area contributed by atoms with E-state index >= 15 is 0 Å². The monoisotopic (exact) mass is 298 g/mol.